The lowest BCUT2D eigenvalue weighted by molar-refractivity contribution is 0.0699. The smallest absolute Gasteiger partial charge is 0.338 e. The number of aromatic nitrogens is 3. The number of rotatable bonds is 3. The third-order valence-electron chi connectivity index (χ3n) is 2.55. The summed E-state index contributed by atoms with van der Waals surface area (Å²) in [4.78, 5) is 22.6. The minimum absolute atomic E-state index is 0.246. The molecule has 0 aliphatic rings. The Kier molecular flexibility index (Phi) is 2.83. The van der Waals surface area contributed by atoms with Crippen molar-refractivity contribution in [1.29, 1.82) is 0 Å². The van der Waals surface area contributed by atoms with Crippen molar-refractivity contribution in [3.8, 4) is 0 Å². The molecule has 5 heteroatoms. The maximum atomic E-state index is 11.1. The average Bonchev–Trinajstić information content (AvgIpc) is 2.59. The molecule has 2 N–H and O–H groups in total. The Morgan fingerprint density at radius 3 is 2.76 bits per heavy atom. The number of H-pyrrole nitrogens is 1. The van der Waals surface area contributed by atoms with Crippen LogP contribution in [-0.2, 0) is 6.42 Å². The van der Waals surface area contributed by atoms with Gasteiger partial charge in [0.05, 0.1) is 16.6 Å². The molecule has 5 nitrogen and oxygen atoms in total. The van der Waals surface area contributed by atoms with Gasteiger partial charge in [0.2, 0.25) is 0 Å². The fourth-order valence-corrected chi connectivity index (χ4v) is 1.93. The zero-order valence-electron chi connectivity index (χ0n) is 10.1. The maximum Gasteiger partial charge on any atom is 0.338 e. The number of hydrogen-bond donors (Lipinski definition) is 2. The molecule has 0 saturated heterocycles. The summed E-state index contributed by atoms with van der Waals surface area (Å²) in [5.74, 6) is 0.129. The minimum Gasteiger partial charge on any atom is -0.478 e. The van der Waals surface area contributed by atoms with Gasteiger partial charge in [0, 0.05) is 6.20 Å². The third kappa shape index (κ3) is 2.13. The van der Waals surface area contributed by atoms with Crippen LogP contribution >= 0.6 is 0 Å². The monoisotopic (exact) mass is 233 g/mol. The van der Waals surface area contributed by atoms with Gasteiger partial charge in [-0.2, -0.15) is 0 Å². The quantitative estimate of drug-likeness (QED) is 0.851. The van der Waals surface area contributed by atoms with Gasteiger partial charge >= 0.3 is 5.97 Å². The highest BCUT2D eigenvalue weighted by Crippen LogP contribution is 2.22. The summed E-state index contributed by atoms with van der Waals surface area (Å²) in [6.45, 7) is 5.97. The summed E-state index contributed by atoms with van der Waals surface area (Å²) >= 11 is 0. The van der Waals surface area contributed by atoms with Gasteiger partial charge in [0.1, 0.15) is 11.5 Å². The van der Waals surface area contributed by atoms with Crippen molar-refractivity contribution < 1.29 is 9.90 Å². The fourth-order valence-electron chi connectivity index (χ4n) is 1.93. The van der Waals surface area contributed by atoms with E-state index >= 15 is 0 Å². The van der Waals surface area contributed by atoms with Crippen LogP contribution in [0.3, 0.4) is 0 Å². The lowest BCUT2D eigenvalue weighted by Gasteiger charge is -2.07. The first-order valence-corrected chi connectivity index (χ1v) is 5.57. The molecule has 0 radical (unpaired) electrons. The van der Waals surface area contributed by atoms with Gasteiger partial charge in [0.25, 0.3) is 0 Å². The first kappa shape index (κ1) is 11.6. The Hall–Kier alpha value is -1.91. The molecule has 90 valence electrons. The van der Waals surface area contributed by atoms with Crippen molar-refractivity contribution in [3.05, 3.63) is 23.3 Å². The topological polar surface area (TPSA) is 78.9 Å². The second kappa shape index (κ2) is 4.16. The Morgan fingerprint density at radius 1 is 1.47 bits per heavy atom. The first-order valence-electron chi connectivity index (χ1n) is 5.57. The third-order valence-corrected chi connectivity index (χ3v) is 2.55. The molecule has 0 fully saturated rings. The molecule has 0 unspecified atom stereocenters. The highest BCUT2D eigenvalue weighted by molar-refractivity contribution is 6.03. The van der Waals surface area contributed by atoms with Gasteiger partial charge in [-0.15, -0.1) is 0 Å². The molecule has 0 bridgehead atoms. The lowest BCUT2D eigenvalue weighted by Crippen LogP contribution is -2.04. The van der Waals surface area contributed by atoms with Crippen molar-refractivity contribution in [2.45, 2.75) is 27.2 Å². The van der Waals surface area contributed by atoms with Gasteiger partial charge in [-0.25, -0.2) is 14.8 Å². The molecular weight excluding hydrogens is 218 g/mol. The van der Waals surface area contributed by atoms with Crippen LogP contribution < -0.4 is 0 Å². The number of nitrogens with zero attached hydrogens (tertiary/aromatic N) is 2. The molecule has 17 heavy (non-hydrogen) atoms. The van der Waals surface area contributed by atoms with E-state index in [1.807, 2.05) is 6.92 Å². The van der Waals surface area contributed by atoms with Gasteiger partial charge in [-0.05, 0) is 19.3 Å². The largest absolute Gasteiger partial charge is 0.478 e. The van der Waals surface area contributed by atoms with E-state index in [-0.39, 0.29) is 5.56 Å². The zero-order valence-corrected chi connectivity index (χ0v) is 10.1. The predicted octanol–water partition coefficient (Wildman–Crippen LogP) is 2.16. The van der Waals surface area contributed by atoms with E-state index in [0.717, 1.165) is 12.1 Å². The van der Waals surface area contributed by atoms with E-state index in [0.29, 0.717) is 22.8 Å². The summed E-state index contributed by atoms with van der Waals surface area (Å²) in [7, 11) is 0. The Morgan fingerprint density at radius 2 is 2.18 bits per heavy atom. The molecule has 2 heterocycles. The number of aryl methyl sites for hydroxylation is 1. The maximum absolute atomic E-state index is 11.1. The highest BCUT2D eigenvalue weighted by Gasteiger charge is 2.17. The van der Waals surface area contributed by atoms with Crippen molar-refractivity contribution >= 4 is 17.0 Å². The Balaban J connectivity index is 2.69. The number of carbonyl (C=O) groups is 1. The number of aromatic amines is 1. The van der Waals surface area contributed by atoms with E-state index in [4.69, 9.17) is 5.11 Å². The number of aromatic carboxylic acids is 1. The number of nitrogens with one attached hydrogen (secondary N) is 1. The molecule has 2 aromatic heterocycles. The number of hydrogen-bond acceptors (Lipinski definition) is 3. The van der Waals surface area contributed by atoms with Gasteiger partial charge in [0.15, 0.2) is 0 Å². The summed E-state index contributed by atoms with van der Waals surface area (Å²) < 4.78 is 0. The van der Waals surface area contributed by atoms with E-state index < -0.39 is 5.97 Å². The van der Waals surface area contributed by atoms with Crippen LogP contribution in [0.5, 0.6) is 0 Å². The molecule has 2 aromatic rings. The zero-order chi connectivity index (χ0) is 12.6. The molecule has 0 amide bonds. The number of fused-ring (bicyclic) bond motifs is 1. The number of carboxylic acids is 1. The van der Waals surface area contributed by atoms with Crippen molar-refractivity contribution in [1.82, 2.24) is 15.0 Å². The summed E-state index contributed by atoms with van der Waals surface area (Å²) in [5, 5.41) is 9.76. The van der Waals surface area contributed by atoms with Crippen molar-refractivity contribution in [3.63, 3.8) is 0 Å². The molecule has 0 spiro atoms. The van der Waals surface area contributed by atoms with Crippen LogP contribution in [0.1, 0.15) is 35.7 Å². The van der Waals surface area contributed by atoms with Crippen LogP contribution in [0.15, 0.2) is 6.20 Å². The number of carboxylic acid groups (broad SMARTS) is 1. The Labute approximate surface area is 98.9 Å². The molecule has 0 aliphatic heterocycles. The normalized spacial score (nSPS) is 11.3. The van der Waals surface area contributed by atoms with E-state index in [1.165, 1.54) is 6.20 Å². The average molecular weight is 233 g/mol. The van der Waals surface area contributed by atoms with E-state index in [9.17, 15) is 4.79 Å². The van der Waals surface area contributed by atoms with Crippen LogP contribution in [0.2, 0.25) is 0 Å². The fraction of sp³-hybridized carbons (Fsp3) is 0.417. The Bertz CT molecular complexity index is 572. The highest BCUT2D eigenvalue weighted by atomic mass is 16.4. The van der Waals surface area contributed by atoms with Crippen molar-refractivity contribution in [2.75, 3.05) is 0 Å². The molecule has 2 rings (SSSR count). The minimum atomic E-state index is -0.950. The van der Waals surface area contributed by atoms with E-state index in [1.54, 1.807) is 0 Å². The van der Waals surface area contributed by atoms with Crippen molar-refractivity contribution in [2.24, 2.45) is 5.92 Å². The predicted molar refractivity (Wildman–Crippen MR) is 64.1 cm³/mol. The molecule has 0 atom stereocenters. The first-order chi connectivity index (χ1) is 7.99. The SMILES string of the molecule is Cc1nc(CC(C)C)c2c(C(=O)O)c[nH]c2n1. The van der Waals surface area contributed by atoms with Gasteiger partial charge < -0.3 is 10.1 Å². The van der Waals surface area contributed by atoms with E-state index in [2.05, 4.69) is 28.8 Å². The van der Waals surface area contributed by atoms with Crippen LogP contribution in [0.4, 0.5) is 0 Å². The van der Waals surface area contributed by atoms with Crippen LogP contribution in [0, 0.1) is 12.8 Å². The summed E-state index contributed by atoms with van der Waals surface area (Å²) in [5.41, 5.74) is 1.65. The van der Waals surface area contributed by atoms with Crippen LogP contribution in [0.25, 0.3) is 11.0 Å². The molecule has 0 aliphatic carbocycles. The summed E-state index contributed by atoms with van der Waals surface area (Å²) in [6, 6.07) is 0. The summed E-state index contributed by atoms with van der Waals surface area (Å²) in [6.07, 6.45) is 2.23. The van der Waals surface area contributed by atoms with Gasteiger partial charge in [-0.1, -0.05) is 13.8 Å². The van der Waals surface area contributed by atoms with Crippen LogP contribution in [-0.4, -0.2) is 26.0 Å². The lowest BCUT2D eigenvalue weighted by atomic mass is 10.0. The molecule has 0 saturated carbocycles. The molecule has 0 aromatic carbocycles. The van der Waals surface area contributed by atoms with Gasteiger partial charge in [-0.3, -0.25) is 0 Å². The molecular formula is C12H15N3O2. The standard InChI is InChI=1S/C12H15N3O2/c1-6(2)4-9-10-8(12(16)17)5-13-11(10)15-7(3)14-9/h5-6H,4H2,1-3H3,(H,16,17)(H,13,14,15). The second-order valence-electron chi connectivity index (χ2n) is 4.55. The second-order valence-corrected chi connectivity index (χ2v) is 4.55.